The summed E-state index contributed by atoms with van der Waals surface area (Å²) in [6, 6.07) is 12.3. The van der Waals surface area contributed by atoms with Gasteiger partial charge >= 0.3 is 5.51 Å². The van der Waals surface area contributed by atoms with E-state index in [0.717, 1.165) is 34.7 Å². The standard InChI is InChI=1S/C18H15ClN2.C9H9F3OS.C2H6/c1-21-17-11-13(19)9-10-16(17)20-18(21)15-8-4-6-12-5-2-3-7-14(12)15;1-3-8(6-13)5-4-7(2)14-9(10,11)12;1-2/h2,4-6,8-11H,3,7H2,1H3;3-6H,1H2,2H3;1-2H3/b;7-4+,8-5+;. The minimum Gasteiger partial charge on any atom is -0.327 e. The number of aromatic nitrogens is 2. The smallest absolute Gasteiger partial charge is 0.327 e. The van der Waals surface area contributed by atoms with Gasteiger partial charge in [-0.3, -0.25) is 4.79 Å². The van der Waals surface area contributed by atoms with Crippen LogP contribution in [0.5, 0.6) is 0 Å². The minimum atomic E-state index is -4.29. The van der Waals surface area contributed by atoms with Crippen molar-refractivity contribution in [2.45, 2.75) is 39.1 Å². The molecule has 0 N–H and O–H groups in total. The lowest BCUT2D eigenvalue weighted by Gasteiger charge is -2.15. The van der Waals surface area contributed by atoms with E-state index in [1.807, 2.05) is 32.0 Å². The van der Waals surface area contributed by atoms with E-state index < -0.39 is 5.51 Å². The van der Waals surface area contributed by atoms with Crippen LogP contribution in [0.15, 0.2) is 77.8 Å². The molecule has 0 aliphatic heterocycles. The molecule has 0 spiro atoms. The highest BCUT2D eigenvalue weighted by molar-refractivity contribution is 8.03. The molecule has 1 heterocycles. The van der Waals surface area contributed by atoms with Gasteiger partial charge in [-0.15, -0.1) is 0 Å². The Hall–Kier alpha value is -3.03. The lowest BCUT2D eigenvalue weighted by Crippen LogP contribution is -2.01. The Balaban J connectivity index is 0.000000265. The van der Waals surface area contributed by atoms with Crippen LogP contribution in [-0.4, -0.2) is 21.3 Å². The van der Waals surface area contributed by atoms with Crippen molar-refractivity contribution in [1.29, 1.82) is 0 Å². The molecule has 1 aromatic heterocycles. The van der Waals surface area contributed by atoms with Gasteiger partial charge in [-0.1, -0.05) is 80.6 Å². The summed E-state index contributed by atoms with van der Waals surface area (Å²) in [4.78, 5) is 15.1. The third-order valence-corrected chi connectivity index (χ3v) is 6.24. The number of alkyl halides is 3. The number of hydrogen-bond acceptors (Lipinski definition) is 3. The molecule has 37 heavy (non-hydrogen) atoms. The predicted molar refractivity (Wildman–Crippen MR) is 152 cm³/mol. The van der Waals surface area contributed by atoms with Crippen LogP contribution in [0.3, 0.4) is 0 Å². The monoisotopic (exact) mass is 546 g/mol. The molecule has 0 fully saturated rings. The van der Waals surface area contributed by atoms with Gasteiger partial charge in [-0.2, -0.15) is 13.2 Å². The van der Waals surface area contributed by atoms with Gasteiger partial charge in [0.05, 0.1) is 11.0 Å². The van der Waals surface area contributed by atoms with Crippen LogP contribution in [0.4, 0.5) is 13.2 Å². The van der Waals surface area contributed by atoms with E-state index in [1.165, 1.54) is 41.8 Å². The lowest BCUT2D eigenvalue weighted by atomic mass is 9.92. The fourth-order valence-corrected chi connectivity index (χ4v) is 4.34. The van der Waals surface area contributed by atoms with Crippen molar-refractivity contribution in [1.82, 2.24) is 9.55 Å². The number of carbonyl (C=O) groups excluding carboxylic acids is 1. The van der Waals surface area contributed by atoms with Crippen LogP contribution in [0.25, 0.3) is 28.5 Å². The van der Waals surface area contributed by atoms with Crippen molar-refractivity contribution in [3.05, 3.63) is 93.9 Å². The van der Waals surface area contributed by atoms with Crippen molar-refractivity contribution in [3.63, 3.8) is 0 Å². The van der Waals surface area contributed by atoms with E-state index in [9.17, 15) is 18.0 Å². The highest BCUT2D eigenvalue weighted by Gasteiger charge is 2.28. The number of nitrogens with zero attached hydrogens (tertiary/aromatic N) is 2. The highest BCUT2D eigenvalue weighted by atomic mass is 35.5. The Kier molecular flexibility index (Phi) is 11.5. The summed E-state index contributed by atoms with van der Waals surface area (Å²) >= 11 is 5.90. The highest BCUT2D eigenvalue weighted by Crippen LogP contribution is 2.36. The van der Waals surface area contributed by atoms with Crippen LogP contribution < -0.4 is 0 Å². The fraction of sp³-hybridized carbons (Fsp3) is 0.241. The van der Waals surface area contributed by atoms with E-state index in [0.29, 0.717) is 6.29 Å². The zero-order valence-corrected chi connectivity index (χ0v) is 22.8. The average Bonchev–Trinajstić information content (AvgIpc) is 3.20. The van der Waals surface area contributed by atoms with Crippen molar-refractivity contribution in [2.24, 2.45) is 7.05 Å². The van der Waals surface area contributed by atoms with E-state index in [4.69, 9.17) is 16.6 Å². The Bertz CT molecular complexity index is 1330. The topological polar surface area (TPSA) is 34.9 Å². The number of carbonyl (C=O) groups is 1. The Labute approximate surface area is 225 Å². The molecule has 1 aliphatic rings. The molecular formula is C29H30ClF3N2OS. The summed E-state index contributed by atoms with van der Waals surface area (Å²) in [5.74, 6) is 1.01. The van der Waals surface area contributed by atoms with Crippen LogP contribution in [-0.2, 0) is 18.3 Å². The van der Waals surface area contributed by atoms with Gasteiger partial charge in [0.2, 0.25) is 0 Å². The number of aldehydes is 1. The predicted octanol–water partition coefficient (Wildman–Crippen LogP) is 9.33. The van der Waals surface area contributed by atoms with Gasteiger partial charge in [0.15, 0.2) is 0 Å². The number of hydrogen-bond donors (Lipinski definition) is 0. The van der Waals surface area contributed by atoms with E-state index >= 15 is 0 Å². The molecule has 0 unspecified atom stereocenters. The minimum absolute atomic E-state index is 0.0682. The van der Waals surface area contributed by atoms with Crippen molar-refractivity contribution < 1.29 is 18.0 Å². The molecule has 4 rings (SSSR count). The number of halogens is 4. The first kappa shape index (κ1) is 30.2. The summed E-state index contributed by atoms with van der Waals surface area (Å²) in [6.07, 6.45) is 10.9. The SMILES string of the molecule is C=C/C(C=O)=C\C=C(/C)SC(F)(F)F.CC.Cn1c(-c2cccc3c2CCC=C3)nc2ccc(Cl)cc21. The number of fused-ring (bicyclic) bond motifs is 2. The first-order valence-electron chi connectivity index (χ1n) is 11.8. The number of aryl methyl sites for hydroxylation is 1. The van der Waals surface area contributed by atoms with E-state index in [1.54, 1.807) is 0 Å². The maximum absolute atomic E-state index is 11.8. The zero-order chi connectivity index (χ0) is 27.6. The molecule has 0 atom stereocenters. The average molecular weight is 547 g/mol. The molecule has 0 amide bonds. The molecule has 0 saturated heterocycles. The number of imidazole rings is 1. The molecule has 3 aromatic rings. The largest absolute Gasteiger partial charge is 0.446 e. The number of thioether (sulfide) groups is 1. The second-order valence-electron chi connectivity index (χ2n) is 7.76. The number of rotatable bonds is 5. The molecule has 0 saturated carbocycles. The molecular weight excluding hydrogens is 517 g/mol. The maximum Gasteiger partial charge on any atom is 0.446 e. The van der Waals surface area contributed by atoms with Gasteiger partial charge in [0.1, 0.15) is 12.1 Å². The molecule has 0 bridgehead atoms. The molecule has 2 aromatic carbocycles. The van der Waals surface area contributed by atoms with E-state index in [2.05, 4.69) is 48.5 Å². The summed E-state index contributed by atoms with van der Waals surface area (Å²) in [5.41, 5.74) is 1.94. The second-order valence-corrected chi connectivity index (χ2v) is 9.50. The molecule has 0 radical (unpaired) electrons. The van der Waals surface area contributed by atoms with Crippen molar-refractivity contribution >= 4 is 46.8 Å². The second kappa shape index (κ2) is 14.1. The quantitative estimate of drug-likeness (QED) is 0.182. The van der Waals surface area contributed by atoms with Gasteiger partial charge in [0, 0.05) is 23.2 Å². The van der Waals surface area contributed by atoms with Crippen molar-refractivity contribution in [2.75, 3.05) is 0 Å². The van der Waals surface area contributed by atoms with Gasteiger partial charge < -0.3 is 4.57 Å². The normalized spacial score (nSPS) is 13.2. The van der Waals surface area contributed by atoms with Crippen LogP contribution in [0, 0.1) is 0 Å². The van der Waals surface area contributed by atoms with Crippen LogP contribution >= 0.6 is 23.4 Å². The molecule has 1 aliphatic carbocycles. The third kappa shape index (κ3) is 8.51. The van der Waals surface area contributed by atoms with Gasteiger partial charge in [-0.25, -0.2) is 4.98 Å². The number of benzene rings is 2. The van der Waals surface area contributed by atoms with Crippen LogP contribution in [0.2, 0.25) is 5.02 Å². The van der Waals surface area contributed by atoms with Crippen LogP contribution in [0.1, 0.15) is 38.3 Å². The Morgan fingerprint density at radius 2 is 1.92 bits per heavy atom. The summed E-state index contributed by atoms with van der Waals surface area (Å²) < 4.78 is 37.6. The molecule has 3 nitrogen and oxygen atoms in total. The summed E-state index contributed by atoms with van der Waals surface area (Å²) in [6.45, 7) is 8.65. The van der Waals surface area contributed by atoms with E-state index in [-0.39, 0.29) is 22.2 Å². The molecule has 8 heteroatoms. The summed E-state index contributed by atoms with van der Waals surface area (Å²) in [7, 11) is 2.05. The number of allylic oxidation sites excluding steroid dienone is 6. The Morgan fingerprint density at radius 1 is 1.19 bits per heavy atom. The summed E-state index contributed by atoms with van der Waals surface area (Å²) in [5, 5.41) is 0.745. The Morgan fingerprint density at radius 3 is 2.57 bits per heavy atom. The van der Waals surface area contributed by atoms with Gasteiger partial charge in [0.25, 0.3) is 0 Å². The first-order chi connectivity index (χ1) is 17.6. The molecule has 196 valence electrons. The third-order valence-electron chi connectivity index (χ3n) is 5.31. The maximum atomic E-state index is 11.8. The fourth-order valence-electron chi connectivity index (χ4n) is 3.68. The first-order valence-corrected chi connectivity index (χ1v) is 12.9. The van der Waals surface area contributed by atoms with Gasteiger partial charge in [-0.05, 0) is 65.8 Å². The zero-order valence-electron chi connectivity index (χ0n) is 21.3. The van der Waals surface area contributed by atoms with Crippen molar-refractivity contribution in [3.8, 4) is 11.4 Å². The lowest BCUT2D eigenvalue weighted by molar-refractivity contribution is -0.104.